The molecule has 1 aliphatic rings. The maximum Gasteiger partial charge on any atom is 0.357 e. The van der Waals surface area contributed by atoms with Crippen LogP contribution in [-0.4, -0.2) is 49.6 Å². The number of aromatic nitrogens is 1. The summed E-state index contributed by atoms with van der Waals surface area (Å²) in [6.07, 6.45) is 3.34. The molecule has 0 radical (unpaired) electrons. The average Bonchev–Trinajstić information content (AvgIpc) is 3.49. The second-order valence-corrected chi connectivity index (χ2v) is 12.9. The van der Waals surface area contributed by atoms with E-state index in [0.717, 1.165) is 40.8 Å². The van der Waals surface area contributed by atoms with Crippen molar-refractivity contribution in [2.45, 2.75) is 53.0 Å². The fraction of sp³-hybridized carbons (Fsp3) is 0.351. The summed E-state index contributed by atoms with van der Waals surface area (Å²) in [6, 6.07) is 14.2. The van der Waals surface area contributed by atoms with Gasteiger partial charge in [0.25, 0.3) is 11.8 Å². The van der Waals surface area contributed by atoms with Crippen LogP contribution < -0.4 is 25.8 Å². The average molecular weight is 671 g/mol. The van der Waals surface area contributed by atoms with Gasteiger partial charge in [-0.1, -0.05) is 26.8 Å². The molecule has 0 saturated carbocycles. The fourth-order valence-corrected chi connectivity index (χ4v) is 6.47. The van der Waals surface area contributed by atoms with E-state index in [1.165, 1.54) is 13.2 Å². The number of hydrogen-bond donors (Lipinski definition) is 3. The van der Waals surface area contributed by atoms with E-state index in [9.17, 15) is 14.4 Å². The minimum Gasteiger partial charge on any atom is -0.493 e. The molecule has 252 valence electrons. The van der Waals surface area contributed by atoms with Crippen LogP contribution in [0.4, 0.5) is 5.69 Å². The van der Waals surface area contributed by atoms with Gasteiger partial charge in [0.15, 0.2) is 5.69 Å². The van der Waals surface area contributed by atoms with Gasteiger partial charge < -0.3 is 30.6 Å². The van der Waals surface area contributed by atoms with Crippen molar-refractivity contribution in [3.8, 4) is 33.1 Å². The zero-order chi connectivity index (χ0) is 34.2. The lowest BCUT2D eigenvalue weighted by Gasteiger charge is -2.19. The molecule has 2 aromatic heterocycles. The van der Waals surface area contributed by atoms with Crippen molar-refractivity contribution >= 4 is 34.8 Å². The van der Waals surface area contributed by atoms with Crippen molar-refractivity contribution in [1.82, 2.24) is 10.3 Å². The molecule has 10 nitrogen and oxygen atoms in total. The number of ether oxygens (including phenoxy) is 3. The second kappa shape index (κ2) is 15.9. The highest BCUT2D eigenvalue weighted by Crippen LogP contribution is 2.43. The first-order valence-corrected chi connectivity index (χ1v) is 17.1. The van der Waals surface area contributed by atoms with E-state index in [1.807, 2.05) is 24.4 Å². The topological polar surface area (TPSA) is 142 Å². The highest BCUT2D eigenvalue weighted by molar-refractivity contribution is 7.13. The number of carbonyl (C=O) groups excluding carboxylic acids is 3. The van der Waals surface area contributed by atoms with Crippen LogP contribution in [0.15, 0.2) is 53.9 Å². The summed E-state index contributed by atoms with van der Waals surface area (Å²) in [5, 5.41) is 7.86. The van der Waals surface area contributed by atoms with Gasteiger partial charge in [-0.25, -0.2) is 9.78 Å². The van der Waals surface area contributed by atoms with Gasteiger partial charge in [0.2, 0.25) is 0 Å². The quantitative estimate of drug-likeness (QED) is 0.103. The Labute approximate surface area is 285 Å². The Morgan fingerprint density at radius 2 is 1.88 bits per heavy atom. The Balaban J connectivity index is 1.62. The Hall–Kier alpha value is -4.74. The van der Waals surface area contributed by atoms with Crippen LogP contribution in [0.5, 0.6) is 11.5 Å². The molecule has 11 heteroatoms. The molecule has 0 bridgehead atoms. The Morgan fingerprint density at radius 1 is 1.04 bits per heavy atom. The third kappa shape index (κ3) is 7.86. The summed E-state index contributed by atoms with van der Waals surface area (Å²) in [5.41, 5.74) is 10.2. The number of anilines is 1. The fourth-order valence-electron chi connectivity index (χ4n) is 5.49. The summed E-state index contributed by atoms with van der Waals surface area (Å²) < 4.78 is 17.4. The second-order valence-electron chi connectivity index (χ2n) is 12.0. The predicted molar refractivity (Wildman–Crippen MR) is 188 cm³/mol. The van der Waals surface area contributed by atoms with Gasteiger partial charge in [0.1, 0.15) is 17.2 Å². The minimum atomic E-state index is -0.743. The molecule has 0 saturated heterocycles. The molecule has 0 atom stereocenters. The van der Waals surface area contributed by atoms with Crippen molar-refractivity contribution in [1.29, 1.82) is 0 Å². The van der Waals surface area contributed by atoms with Gasteiger partial charge in [0, 0.05) is 46.6 Å². The maximum atomic E-state index is 14.4. The van der Waals surface area contributed by atoms with Crippen LogP contribution in [0, 0.1) is 5.92 Å². The molecule has 48 heavy (non-hydrogen) atoms. The number of nitrogens with zero attached hydrogens (tertiary/aromatic N) is 1. The van der Waals surface area contributed by atoms with Crippen LogP contribution in [0.3, 0.4) is 0 Å². The van der Waals surface area contributed by atoms with Crippen molar-refractivity contribution in [3.05, 3.63) is 82.0 Å². The van der Waals surface area contributed by atoms with Gasteiger partial charge in [-0.15, -0.1) is 11.3 Å². The lowest BCUT2D eigenvalue weighted by molar-refractivity contribution is 0.0594. The van der Waals surface area contributed by atoms with Gasteiger partial charge in [-0.3, -0.25) is 9.59 Å². The zero-order valence-electron chi connectivity index (χ0n) is 27.8. The zero-order valence-corrected chi connectivity index (χ0v) is 28.6. The number of amides is 2. The SMILES string of the molecule is CCCNC(=O)c1ccc(-c2cc3c(cc2C(=O)Nc2ccc(CN)cc2OCCCC(C)C)-c2sccc2CCO3)c(C(=O)OC)n1. The number of methoxy groups -OCH3 is 1. The largest absolute Gasteiger partial charge is 0.493 e. The summed E-state index contributed by atoms with van der Waals surface area (Å²) >= 11 is 1.58. The number of thiophene rings is 1. The molecule has 3 heterocycles. The lowest BCUT2D eigenvalue weighted by atomic mass is 9.93. The van der Waals surface area contributed by atoms with Crippen LogP contribution in [-0.2, 0) is 17.7 Å². The van der Waals surface area contributed by atoms with Crippen molar-refractivity contribution in [2.75, 3.05) is 32.2 Å². The molecule has 0 spiro atoms. The van der Waals surface area contributed by atoms with Crippen LogP contribution >= 0.6 is 11.3 Å². The Morgan fingerprint density at radius 3 is 2.62 bits per heavy atom. The monoisotopic (exact) mass is 670 g/mol. The first kappa shape index (κ1) is 34.6. The standard InChI is InChI=1S/C37H42N4O6S/c1-5-14-39-36(43)30-11-9-25(33(40-30)37(44)45-4)26-20-31-28(34-24(12-16-47-31)13-17-48-34)19-27(26)35(42)41-29-10-8-23(21-38)18-32(29)46-15-6-7-22(2)3/h8-11,13,17-20,22H,5-7,12,14-16,21,38H2,1-4H3,(H,39,43)(H,41,42). The van der Waals surface area contributed by atoms with E-state index in [0.29, 0.717) is 67.0 Å². The molecule has 2 aromatic carbocycles. The summed E-state index contributed by atoms with van der Waals surface area (Å²) in [4.78, 5) is 45.7. The molecule has 5 rings (SSSR count). The summed E-state index contributed by atoms with van der Waals surface area (Å²) in [6.45, 7) is 8.00. The molecule has 2 amide bonds. The van der Waals surface area contributed by atoms with E-state index >= 15 is 0 Å². The number of nitrogens with one attached hydrogen (secondary N) is 2. The van der Waals surface area contributed by atoms with E-state index in [-0.39, 0.29) is 17.0 Å². The van der Waals surface area contributed by atoms with Crippen molar-refractivity contribution in [2.24, 2.45) is 11.7 Å². The van der Waals surface area contributed by atoms with Gasteiger partial charge in [0.05, 0.1) is 26.0 Å². The number of pyridine rings is 1. The molecule has 0 fully saturated rings. The molecule has 0 unspecified atom stereocenters. The molecule has 0 aliphatic carbocycles. The number of fused-ring (bicyclic) bond motifs is 3. The van der Waals surface area contributed by atoms with E-state index in [4.69, 9.17) is 19.9 Å². The number of benzene rings is 2. The first-order valence-electron chi connectivity index (χ1n) is 16.3. The third-order valence-electron chi connectivity index (χ3n) is 8.03. The normalized spacial score (nSPS) is 12.0. The van der Waals surface area contributed by atoms with Gasteiger partial charge >= 0.3 is 5.97 Å². The lowest BCUT2D eigenvalue weighted by Crippen LogP contribution is -2.26. The Bertz CT molecular complexity index is 1800. The highest BCUT2D eigenvalue weighted by Gasteiger charge is 2.27. The van der Waals surface area contributed by atoms with Gasteiger partial charge in [-0.2, -0.15) is 0 Å². The number of rotatable bonds is 13. The number of nitrogens with two attached hydrogens (primary N) is 1. The predicted octanol–water partition coefficient (Wildman–Crippen LogP) is 6.86. The number of esters is 1. The number of carbonyl (C=O) groups is 3. The maximum absolute atomic E-state index is 14.4. The van der Waals surface area contributed by atoms with Crippen molar-refractivity contribution in [3.63, 3.8) is 0 Å². The van der Waals surface area contributed by atoms with Crippen molar-refractivity contribution < 1.29 is 28.6 Å². The molecular weight excluding hydrogens is 628 g/mol. The summed E-state index contributed by atoms with van der Waals surface area (Å²) in [7, 11) is 1.25. The molecule has 4 aromatic rings. The van der Waals surface area contributed by atoms with Crippen LogP contribution in [0.25, 0.3) is 21.6 Å². The minimum absolute atomic E-state index is 0.0621. The first-order chi connectivity index (χ1) is 23.2. The summed E-state index contributed by atoms with van der Waals surface area (Å²) in [5.74, 6) is 0.0608. The molecular formula is C37H42N4O6S. The molecule has 4 N–H and O–H groups in total. The van der Waals surface area contributed by atoms with Crippen LogP contribution in [0.1, 0.15) is 82.5 Å². The highest BCUT2D eigenvalue weighted by atomic mass is 32.1. The number of hydrogen-bond acceptors (Lipinski definition) is 9. The Kier molecular flexibility index (Phi) is 11.5. The smallest absolute Gasteiger partial charge is 0.357 e. The third-order valence-corrected chi connectivity index (χ3v) is 9.02. The van der Waals surface area contributed by atoms with E-state index < -0.39 is 17.8 Å². The van der Waals surface area contributed by atoms with Crippen LogP contribution in [0.2, 0.25) is 0 Å². The van der Waals surface area contributed by atoms with E-state index in [2.05, 4.69) is 35.5 Å². The molecule has 1 aliphatic heterocycles. The van der Waals surface area contributed by atoms with E-state index in [1.54, 1.807) is 35.6 Å². The van der Waals surface area contributed by atoms with Gasteiger partial charge in [-0.05, 0) is 84.2 Å².